The fraction of sp³-hybridized carbons (Fsp3) is 0.500. The standard InChI is InChI=1S/C26H36N2O3S/c1-4-6-10-21(29)17-27(14-5-2)18-26(30)28-15-12-25-22(13-16-32-25)23(28)19-31-24-11-8-7-9-20(24)3/h4,7-9,11,13,16,21,23,29H,1,5-6,10,12,14-15,17-19H2,2-3H3. The van der Waals surface area contributed by atoms with Gasteiger partial charge in [-0.3, -0.25) is 9.69 Å². The summed E-state index contributed by atoms with van der Waals surface area (Å²) in [5.74, 6) is 0.963. The molecule has 3 rings (SSSR count). The Morgan fingerprint density at radius 1 is 1.41 bits per heavy atom. The van der Waals surface area contributed by atoms with E-state index in [2.05, 4.69) is 29.8 Å². The number of benzene rings is 1. The van der Waals surface area contributed by atoms with E-state index in [0.29, 0.717) is 32.7 Å². The van der Waals surface area contributed by atoms with Crippen LogP contribution < -0.4 is 4.74 Å². The van der Waals surface area contributed by atoms with Gasteiger partial charge in [0.2, 0.25) is 5.91 Å². The van der Waals surface area contributed by atoms with E-state index in [4.69, 9.17) is 4.74 Å². The minimum absolute atomic E-state index is 0.0914. The molecule has 1 aromatic heterocycles. The molecule has 1 aromatic carbocycles. The number of nitrogens with zero attached hydrogens (tertiary/aromatic N) is 2. The Morgan fingerprint density at radius 3 is 2.97 bits per heavy atom. The van der Waals surface area contributed by atoms with Gasteiger partial charge in [0.15, 0.2) is 0 Å². The van der Waals surface area contributed by atoms with Crippen LogP contribution in [0.2, 0.25) is 0 Å². The van der Waals surface area contributed by atoms with E-state index in [0.717, 1.165) is 37.1 Å². The summed E-state index contributed by atoms with van der Waals surface area (Å²) in [6.07, 6.45) is 4.65. The third-order valence-electron chi connectivity index (χ3n) is 5.98. The van der Waals surface area contributed by atoms with Crippen LogP contribution in [0.4, 0.5) is 0 Å². The van der Waals surface area contributed by atoms with Gasteiger partial charge in [0, 0.05) is 18.0 Å². The number of aliphatic hydroxyl groups excluding tert-OH is 1. The number of hydrogen-bond acceptors (Lipinski definition) is 5. The van der Waals surface area contributed by atoms with Crippen molar-refractivity contribution in [2.45, 2.75) is 51.7 Å². The monoisotopic (exact) mass is 456 g/mol. The average Bonchev–Trinajstić information content (AvgIpc) is 3.26. The topological polar surface area (TPSA) is 53.0 Å². The van der Waals surface area contributed by atoms with Crippen LogP contribution in [0, 0.1) is 6.92 Å². The van der Waals surface area contributed by atoms with Crippen molar-refractivity contribution in [3.63, 3.8) is 0 Å². The number of carbonyl (C=O) groups excluding carboxylic acids is 1. The number of aliphatic hydroxyl groups is 1. The van der Waals surface area contributed by atoms with Crippen molar-refractivity contribution in [2.75, 3.05) is 32.8 Å². The smallest absolute Gasteiger partial charge is 0.237 e. The molecule has 2 aromatic rings. The van der Waals surface area contributed by atoms with Gasteiger partial charge in [-0.2, -0.15) is 0 Å². The molecule has 0 saturated heterocycles. The lowest BCUT2D eigenvalue weighted by Crippen LogP contribution is -2.47. The lowest BCUT2D eigenvalue weighted by Gasteiger charge is -2.37. The number of para-hydroxylation sites is 1. The van der Waals surface area contributed by atoms with Gasteiger partial charge >= 0.3 is 0 Å². The molecular formula is C26H36N2O3S. The van der Waals surface area contributed by atoms with E-state index in [1.807, 2.05) is 42.2 Å². The molecule has 32 heavy (non-hydrogen) atoms. The highest BCUT2D eigenvalue weighted by atomic mass is 32.1. The Morgan fingerprint density at radius 2 is 2.22 bits per heavy atom. The van der Waals surface area contributed by atoms with Crippen molar-refractivity contribution < 1.29 is 14.6 Å². The van der Waals surface area contributed by atoms with Crippen LogP contribution in [0.15, 0.2) is 48.4 Å². The second-order valence-electron chi connectivity index (χ2n) is 8.48. The molecule has 0 spiro atoms. The summed E-state index contributed by atoms with van der Waals surface area (Å²) in [6.45, 7) is 10.6. The predicted octanol–water partition coefficient (Wildman–Crippen LogP) is 4.60. The molecule has 0 saturated carbocycles. The molecule has 6 heteroatoms. The van der Waals surface area contributed by atoms with Crippen LogP contribution >= 0.6 is 11.3 Å². The summed E-state index contributed by atoms with van der Waals surface area (Å²) in [5.41, 5.74) is 2.30. The number of carbonyl (C=O) groups is 1. The summed E-state index contributed by atoms with van der Waals surface area (Å²) in [5, 5.41) is 12.5. The van der Waals surface area contributed by atoms with Gasteiger partial charge in [0.25, 0.3) is 0 Å². The van der Waals surface area contributed by atoms with Crippen LogP contribution in [0.3, 0.4) is 0 Å². The van der Waals surface area contributed by atoms with E-state index in [9.17, 15) is 9.90 Å². The largest absolute Gasteiger partial charge is 0.491 e. The quantitative estimate of drug-likeness (QED) is 0.474. The molecule has 2 unspecified atom stereocenters. The maximum absolute atomic E-state index is 13.4. The second kappa shape index (κ2) is 12.2. The van der Waals surface area contributed by atoms with Crippen molar-refractivity contribution in [1.29, 1.82) is 0 Å². The van der Waals surface area contributed by atoms with E-state index in [-0.39, 0.29) is 11.9 Å². The first-order chi connectivity index (χ1) is 15.5. The number of hydrogen-bond donors (Lipinski definition) is 1. The van der Waals surface area contributed by atoms with Crippen LogP contribution in [0.25, 0.3) is 0 Å². The van der Waals surface area contributed by atoms with E-state index < -0.39 is 6.10 Å². The van der Waals surface area contributed by atoms with Gasteiger partial charge in [-0.1, -0.05) is 31.2 Å². The third kappa shape index (κ3) is 6.44. The molecule has 0 fully saturated rings. The predicted molar refractivity (Wildman–Crippen MR) is 131 cm³/mol. The van der Waals surface area contributed by atoms with E-state index >= 15 is 0 Å². The van der Waals surface area contributed by atoms with Gasteiger partial charge < -0.3 is 14.7 Å². The summed E-state index contributed by atoms with van der Waals surface area (Å²) >= 11 is 1.76. The Balaban J connectivity index is 1.70. The fourth-order valence-corrected chi connectivity index (χ4v) is 5.22. The number of ether oxygens (including phenoxy) is 1. The maximum atomic E-state index is 13.4. The summed E-state index contributed by atoms with van der Waals surface area (Å²) in [4.78, 5) is 18.8. The molecule has 1 aliphatic heterocycles. The van der Waals surface area contributed by atoms with Crippen molar-refractivity contribution in [3.05, 3.63) is 64.4 Å². The molecule has 0 bridgehead atoms. The van der Waals surface area contributed by atoms with E-state index in [1.54, 1.807) is 11.3 Å². The first kappa shape index (κ1) is 24.5. The highest BCUT2D eigenvalue weighted by Crippen LogP contribution is 2.34. The van der Waals surface area contributed by atoms with Crippen LogP contribution in [0.1, 0.15) is 48.2 Å². The Bertz CT molecular complexity index is 881. The molecule has 2 heterocycles. The Kier molecular flexibility index (Phi) is 9.33. The highest BCUT2D eigenvalue weighted by molar-refractivity contribution is 7.10. The zero-order valence-electron chi connectivity index (χ0n) is 19.3. The molecule has 0 aliphatic carbocycles. The molecule has 174 valence electrons. The van der Waals surface area contributed by atoms with Crippen molar-refractivity contribution in [2.24, 2.45) is 0 Å². The summed E-state index contributed by atoms with van der Waals surface area (Å²) in [7, 11) is 0. The zero-order chi connectivity index (χ0) is 22.9. The van der Waals surface area contributed by atoms with Crippen LogP contribution in [-0.4, -0.2) is 59.7 Å². The maximum Gasteiger partial charge on any atom is 0.237 e. The molecule has 1 aliphatic rings. The number of allylic oxidation sites excluding steroid dienone is 1. The zero-order valence-corrected chi connectivity index (χ0v) is 20.2. The van der Waals surface area contributed by atoms with Crippen molar-refractivity contribution >= 4 is 17.2 Å². The third-order valence-corrected chi connectivity index (χ3v) is 6.97. The second-order valence-corrected chi connectivity index (χ2v) is 9.48. The van der Waals surface area contributed by atoms with Gasteiger partial charge in [0.05, 0.1) is 18.7 Å². The SMILES string of the molecule is C=CCCC(O)CN(CCC)CC(=O)N1CCc2sccc2C1COc1ccccc1C. The van der Waals surface area contributed by atoms with Crippen LogP contribution in [-0.2, 0) is 11.2 Å². The number of thiophene rings is 1. The molecular weight excluding hydrogens is 420 g/mol. The molecule has 0 radical (unpaired) electrons. The first-order valence-corrected chi connectivity index (χ1v) is 12.5. The van der Waals surface area contributed by atoms with E-state index in [1.165, 1.54) is 10.4 Å². The fourth-order valence-electron chi connectivity index (χ4n) is 4.29. The number of aryl methyl sites for hydroxylation is 1. The summed E-state index contributed by atoms with van der Waals surface area (Å²) in [6, 6.07) is 10.0. The Hall–Kier alpha value is -2.15. The number of rotatable bonds is 12. The molecule has 1 N–H and O–H groups in total. The minimum Gasteiger partial charge on any atom is -0.491 e. The lowest BCUT2D eigenvalue weighted by atomic mass is 10.00. The van der Waals surface area contributed by atoms with Gasteiger partial charge in [-0.15, -0.1) is 17.9 Å². The molecule has 1 amide bonds. The molecule has 5 nitrogen and oxygen atoms in total. The first-order valence-electron chi connectivity index (χ1n) is 11.6. The Labute approximate surface area is 196 Å². The lowest BCUT2D eigenvalue weighted by molar-refractivity contribution is -0.136. The van der Waals surface area contributed by atoms with Gasteiger partial charge in [-0.25, -0.2) is 0 Å². The van der Waals surface area contributed by atoms with Gasteiger partial charge in [0.1, 0.15) is 12.4 Å². The summed E-state index contributed by atoms with van der Waals surface area (Å²) < 4.78 is 6.19. The molecule has 2 atom stereocenters. The average molecular weight is 457 g/mol. The van der Waals surface area contributed by atoms with Gasteiger partial charge in [-0.05, 0) is 67.8 Å². The van der Waals surface area contributed by atoms with Crippen molar-refractivity contribution in [1.82, 2.24) is 9.80 Å². The number of amides is 1. The number of fused-ring (bicyclic) bond motifs is 1. The van der Waals surface area contributed by atoms with Crippen molar-refractivity contribution in [3.8, 4) is 5.75 Å². The van der Waals surface area contributed by atoms with Crippen LogP contribution in [0.5, 0.6) is 5.75 Å². The normalized spacial score (nSPS) is 16.6. The minimum atomic E-state index is -0.447. The highest BCUT2D eigenvalue weighted by Gasteiger charge is 2.33.